The molecular formula is C52H96NO7P. The Balaban J connectivity index is 3.97. The average molecular weight is 878 g/mol. The number of ether oxygens (including phenoxy) is 2. The molecule has 356 valence electrons. The Labute approximate surface area is 376 Å². The molecule has 9 heteroatoms. The van der Waals surface area contributed by atoms with Crippen LogP contribution in [0, 0.1) is 0 Å². The summed E-state index contributed by atoms with van der Waals surface area (Å²) in [6, 6.07) is 0. The van der Waals surface area contributed by atoms with Crippen molar-refractivity contribution in [3.8, 4) is 0 Å². The van der Waals surface area contributed by atoms with Crippen LogP contribution in [0.1, 0.15) is 226 Å². The molecule has 0 fully saturated rings. The molecule has 0 aliphatic heterocycles. The number of phosphoric acid groups is 1. The van der Waals surface area contributed by atoms with Crippen molar-refractivity contribution in [3.05, 3.63) is 60.8 Å². The Morgan fingerprint density at radius 1 is 0.508 bits per heavy atom. The summed E-state index contributed by atoms with van der Waals surface area (Å²) in [5.41, 5.74) is 5.38. The van der Waals surface area contributed by atoms with E-state index in [-0.39, 0.29) is 32.3 Å². The molecule has 0 bridgehead atoms. The maximum atomic E-state index is 12.7. The van der Waals surface area contributed by atoms with Crippen LogP contribution in [0.4, 0.5) is 0 Å². The Bertz CT molecular complexity index is 1120. The summed E-state index contributed by atoms with van der Waals surface area (Å²) in [4.78, 5) is 22.6. The van der Waals surface area contributed by atoms with E-state index in [9.17, 15) is 14.3 Å². The van der Waals surface area contributed by atoms with Gasteiger partial charge in [-0.25, -0.2) is 4.57 Å². The van der Waals surface area contributed by atoms with Gasteiger partial charge in [0, 0.05) is 19.6 Å². The van der Waals surface area contributed by atoms with Crippen molar-refractivity contribution < 1.29 is 32.8 Å². The highest BCUT2D eigenvalue weighted by Gasteiger charge is 2.25. The van der Waals surface area contributed by atoms with Gasteiger partial charge in [-0.05, 0) is 57.8 Å². The van der Waals surface area contributed by atoms with Gasteiger partial charge in [0.2, 0.25) is 0 Å². The third-order valence-corrected chi connectivity index (χ3v) is 11.7. The number of hydrogen-bond donors (Lipinski definition) is 2. The standard InChI is InChI=1S/C52H96NO7P/c1-3-5-7-9-11-13-15-17-19-21-23-24-25-26-27-28-29-31-33-35-37-39-41-43-45-52(54)60-51(50-59-61(55,56)58-48-46-53)49-57-47-44-42-40-38-36-34-32-30-22-20-18-16-14-12-10-8-6-4-2/h6,8,12,14,18,20,30,32,36,38,51H,3-5,7,9-11,13,15-17,19,21-29,31,33-35,37,39-50,53H2,1-2H3,(H,55,56)/b8-6-,14-12-,20-18-,32-30-,38-36-. The van der Waals surface area contributed by atoms with Crippen LogP contribution in [-0.4, -0.2) is 49.9 Å². The van der Waals surface area contributed by atoms with Crippen molar-refractivity contribution >= 4 is 13.8 Å². The molecule has 0 rings (SSSR count). The van der Waals surface area contributed by atoms with Gasteiger partial charge >= 0.3 is 13.8 Å². The molecule has 2 unspecified atom stereocenters. The molecule has 3 N–H and O–H groups in total. The zero-order valence-electron chi connectivity index (χ0n) is 39.6. The molecule has 0 heterocycles. The smallest absolute Gasteiger partial charge is 0.457 e. The van der Waals surface area contributed by atoms with Crippen molar-refractivity contribution in [1.82, 2.24) is 0 Å². The summed E-state index contributed by atoms with van der Waals surface area (Å²) in [7, 11) is -4.29. The van der Waals surface area contributed by atoms with E-state index < -0.39 is 13.9 Å². The topological polar surface area (TPSA) is 117 Å². The third kappa shape index (κ3) is 49.1. The molecule has 0 aromatic heterocycles. The highest BCUT2D eigenvalue weighted by Crippen LogP contribution is 2.43. The zero-order valence-corrected chi connectivity index (χ0v) is 40.5. The Morgan fingerprint density at radius 2 is 0.918 bits per heavy atom. The molecule has 2 atom stereocenters. The van der Waals surface area contributed by atoms with Crippen molar-refractivity contribution in [2.75, 3.05) is 33.0 Å². The molecule has 0 aromatic carbocycles. The van der Waals surface area contributed by atoms with Gasteiger partial charge in [-0.2, -0.15) is 0 Å². The molecule has 0 saturated heterocycles. The first-order valence-electron chi connectivity index (χ1n) is 25.3. The number of nitrogens with two attached hydrogens (primary N) is 1. The van der Waals surface area contributed by atoms with Crippen LogP contribution in [0.25, 0.3) is 0 Å². The molecule has 8 nitrogen and oxygen atoms in total. The lowest BCUT2D eigenvalue weighted by molar-refractivity contribution is -0.154. The van der Waals surface area contributed by atoms with Crippen LogP contribution in [0.15, 0.2) is 60.8 Å². The maximum Gasteiger partial charge on any atom is 0.472 e. The van der Waals surface area contributed by atoms with Gasteiger partial charge in [0.05, 0.1) is 19.8 Å². The van der Waals surface area contributed by atoms with Gasteiger partial charge in [-0.1, -0.05) is 222 Å². The summed E-state index contributed by atoms with van der Waals surface area (Å²) in [6.07, 6.45) is 61.3. The summed E-state index contributed by atoms with van der Waals surface area (Å²) in [6.45, 7) is 4.72. The van der Waals surface area contributed by atoms with E-state index in [2.05, 4.69) is 74.6 Å². The Hall–Kier alpha value is -1.80. The minimum atomic E-state index is -4.29. The summed E-state index contributed by atoms with van der Waals surface area (Å²) >= 11 is 0. The second-order valence-electron chi connectivity index (χ2n) is 16.7. The fourth-order valence-electron chi connectivity index (χ4n) is 7.02. The van der Waals surface area contributed by atoms with Gasteiger partial charge < -0.3 is 20.1 Å². The van der Waals surface area contributed by atoms with Crippen molar-refractivity contribution in [2.24, 2.45) is 5.73 Å². The molecule has 0 aromatic rings. The Kier molecular flexibility index (Phi) is 47.8. The van der Waals surface area contributed by atoms with E-state index in [4.69, 9.17) is 24.3 Å². The zero-order chi connectivity index (χ0) is 44.4. The van der Waals surface area contributed by atoms with Crippen LogP contribution in [0.3, 0.4) is 0 Å². The monoisotopic (exact) mass is 878 g/mol. The second-order valence-corrected chi connectivity index (χ2v) is 18.1. The number of unbranched alkanes of at least 4 members (excludes halogenated alkanes) is 25. The number of phosphoric ester groups is 1. The van der Waals surface area contributed by atoms with Crippen LogP contribution in [-0.2, 0) is 27.9 Å². The van der Waals surface area contributed by atoms with Gasteiger partial charge in [-0.15, -0.1) is 0 Å². The minimum Gasteiger partial charge on any atom is -0.457 e. The lowest BCUT2D eigenvalue weighted by Crippen LogP contribution is -2.28. The second kappa shape index (κ2) is 49.2. The Morgan fingerprint density at radius 3 is 1.34 bits per heavy atom. The van der Waals surface area contributed by atoms with Crippen LogP contribution < -0.4 is 5.73 Å². The highest BCUT2D eigenvalue weighted by molar-refractivity contribution is 7.47. The molecule has 0 radical (unpaired) electrons. The maximum absolute atomic E-state index is 12.7. The normalized spacial score (nSPS) is 13.8. The van der Waals surface area contributed by atoms with Crippen molar-refractivity contribution in [2.45, 2.75) is 232 Å². The van der Waals surface area contributed by atoms with E-state index in [1.54, 1.807) is 0 Å². The predicted molar refractivity (Wildman–Crippen MR) is 261 cm³/mol. The number of esters is 1. The molecule has 61 heavy (non-hydrogen) atoms. The first kappa shape index (κ1) is 59.2. The van der Waals surface area contributed by atoms with E-state index in [1.165, 1.54) is 135 Å². The average Bonchev–Trinajstić information content (AvgIpc) is 3.25. The predicted octanol–water partition coefficient (Wildman–Crippen LogP) is 15.7. The quantitative estimate of drug-likeness (QED) is 0.0269. The van der Waals surface area contributed by atoms with Gasteiger partial charge in [0.25, 0.3) is 0 Å². The number of hydrogen-bond acceptors (Lipinski definition) is 7. The van der Waals surface area contributed by atoms with E-state index in [1.807, 2.05) is 0 Å². The van der Waals surface area contributed by atoms with E-state index >= 15 is 0 Å². The molecule has 0 aliphatic rings. The van der Waals surface area contributed by atoms with Gasteiger partial charge in [0.15, 0.2) is 0 Å². The van der Waals surface area contributed by atoms with Crippen LogP contribution in [0.2, 0.25) is 0 Å². The van der Waals surface area contributed by atoms with E-state index in [0.717, 1.165) is 70.6 Å². The number of carbonyl (C=O) groups is 1. The minimum absolute atomic E-state index is 0.0870. The molecule has 0 amide bonds. The van der Waals surface area contributed by atoms with Crippen molar-refractivity contribution in [1.29, 1.82) is 0 Å². The van der Waals surface area contributed by atoms with Gasteiger partial charge in [0.1, 0.15) is 6.10 Å². The molecule has 0 saturated carbocycles. The van der Waals surface area contributed by atoms with Gasteiger partial charge in [-0.3, -0.25) is 13.8 Å². The number of allylic oxidation sites excluding steroid dienone is 10. The summed E-state index contributed by atoms with van der Waals surface area (Å²) < 4.78 is 33.5. The molecule has 0 spiro atoms. The lowest BCUT2D eigenvalue weighted by Gasteiger charge is -2.20. The third-order valence-electron chi connectivity index (χ3n) is 10.7. The van der Waals surface area contributed by atoms with Crippen molar-refractivity contribution in [3.63, 3.8) is 0 Å². The molecule has 0 aliphatic carbocycles. The number of carbonyl (C=O) groups excluding carboxylic acids is 1. The number of rotatable bonds is 48. The van der Waals surface area contributed by atoms with E-state index in [0.29, 0.717) is 13.0 Å². The first-order valence-corrected chi connectivity index (χ1v) is 26.8. The lowest BCUT2D eigenvalue weighted by atomic mass is 10.0. The fourth-order valence-corrected chi connectivity index (χ4v) is 7.79. The molecular weight excluding hydrogens is 782 g/mol. The largest absolute Gasteiger partial charge is 0.472 e. The first-order chi connectivity index (χ1) is 29.9. The summed E-state index contributed by atoms with van der Waals surface area (Å²) in [5.74, 6) is -0.343. The summed E-state index contributed by atoms with van der Waals surface area (Å²) in [5, 5.41) is 0. The van der Waals surface area contributed by atoms with Crippen LogP contribution >= 0.6 is 7.82 Å². The fraction of sp³-hybridized carbons (Fsp3) is 0.788. The highest BCUT2D eigenvalue weighted by atomic mass is 31.2. The SMILES string of the molecule is CC/C=C\C/C=C\C/C=C\C/C=C\C/C=C\CCCCOCC(COP(=O)(O)OCCN)OC(=O)CCCCCCCCCCCCCCCCCCCCCCCCCC. The van der Waals surface area contributed by atoms with Crippen LogP contribution in [0.5, 0.6) is 0 Å².